The fourth-order valence-electron chi connectivity index (χ4n) is 1.70. The molecule has 1 aromatic heterocycles. The molecule has 0 spiro atoms. The second-order valence-electron chi connectivity index (χ2n) is 3.92. The van der Waals surface area contributed by atoms with Gasteiger partial charge in [0.05, 0.1) is 12.8 Å². The Morgan fingerprint density at radius 2 is 2.11 bits per heavy atom. The number of carboxylic acids is 1. The van der Waals surface area contributed by atoms with Crippen molar-refractivity contribution in [3.63, 3.8) is 0 Å². The molecular weight excluding hydrogens is 248 g/mol. The summed E-state index contributed by atoms with van der Waals surface area (Å²) in [6, 6.07) is 8.22. The van der Waals surface area contributed by atoms with E-state index < -0.39 is 17.1 Å². The van der Waals surface area contributed by atoms with Crippen molar-refractivity contribution < 1.29 is 14.6 Å². The van der Waals surface area contributed by atoms with Crippen molar-refractivity contribution in [1.29, 1.82) is 0 Å². The van der Waals surface area contributed by atoms with Crippen molar-refractivity contribution in [3.05, 3.63) is 51.9 Å². The summed E-state index contributed by atoms with van der Waals surface area (Å²) < 4.78 is 6.49. The van der Waals surface area contributed by atoms with Crippen molar-refractivity contribution in [2.75, 3.05) is 7.11 Å². The normalized spacial score (nSPS) is 10.2. The Hall–Kier alpha value is -2.63. The van der Waals surface area contributed by atoms with Gasteiger partial charge in [-0.25, -0.2) is 9.48 Å². The minimum atomic E-state index is -1.35. The van der Waals surface area contributed by atoms with E-state index in [1.165, 1.54) is 17.9 Å². The van der Waals surface area contributed by atoms with Crippen LogP contribution in [0.3, 0.4) is 0 Å². The molecule has 0 aliphatic rings. The molecule has 1 N–H and O–H groups in total. The highest BCUT2D eigenvalue weighted by atomic mass is 16.5. The maximum atomic E-state index is 11.5. The number of methoxy groups -OCH3 is 1. The first-order chi connectivity index (χ1) is 9.02. The number of hydrogen-bond acceptors (Lipinski definition) is 4. The monoisotopic (exact) mass is 260 g/mol. The van der Waals surface area contributed by atoms with Gasteiger partial charge in [0.25, 0.3) is 0 Å². The highest BCUT2D eigenvalue weighted by Gasteiger charge is 2.13. The van der Waals surface area contributed by atoms with Gasteiger partial charge in [0, 0.05) is 17.8 Å². The molecule has 1 heterocycles. The molecule has 1 aromatic carbocycles. The van der Waals surface area contributed by atoms with Crippen LogP contribution < -0.4 is 10.2 Å². The number of carboxylic acid groups (broad SMARTS) is 1. The molecule has 2 rings (SSSR count). The van der Waals surface area contributed by atoms with Gasteiger partial charge in [0.1, 0.15) is 5.75 Å². The molecule has 6 heteroatoms. The van der Waals surface area contributed by atoms with Gasteiger partial charge in [-0.2, -0.15) is 5.10 Å². The number of benzene rings is 1. The minimum Gasteiger partial charge on any atom is -0.497 e. The molecule has 0 aliphatic carbocycles. The van der Waals surface area contributed by atoms with Crippen LogP contribution in [0.4, 0.5) is 0 Å². The Morgan fingerprint density at radius 3 is 2.74 bits per heavy atom. The van der Waals surface area contributed by atoms with Crippen LogP contribution in [-0.4, -0.2) is 28.0 Å². The first kappa shape index (κ1) is 12.8. The van der Waals surface area contributed by atoms with Crippen LogP contribution in [0, 0.1) is 6.92 Å². The molecule has 0 radical (unpaired) electrons. The summed E-state index contributed by atoms with van der Waals surface area (Å²) in [7, 11) is 1.54. The molecule has 0 atom stereocenters. The predicted molar refractivity (Wildman–Crippen MR) is 68.1 cm³/mol. The van der Waals surface area contributed by atoms with Crippen molar-refractivity contribution in [2.24, 2.45) is 0 Å². The number of ether oxygens (including phenoxy) is 1. The molecular formula is C13H12N2O4. The van der Waals surface area contributed by atoms with E-state index >= 15 is 0 Å². The molecule has 0 unspecified atom stereocenters. The SMILES string of the molecule is COc1cccc(-n2nc(C(=O)O)c(=O)cc2C)c1. The highest BCUT2D eigenvalue weighted by molar-refractivity contribution is 5.84. The zero-order valence-electron chi connectivity index (χ0n) is 10.5. The van der Waals surface area contributed by atoms with E-state index in [0.29, 0.717) is 17.1 Å². The predicted octanol–water partition coefficient (Wildman–Crippen LogP) is 1.25. The van der Waals surface area contributed by atoms with Gasteiger partial charge in [0.2, 0.25) is 11.1 Å². The quantitative estimate of drug-likeness (QED) is 0.898. The topological polar surface area (TPSA) is 81.4 Å². The Kier molecular flexibility index (Phi) is 3.33. The van der Waals surface area contributed by atoms with Crippen LogP contribution in [-0.2, 0) is 0 Å². The second-order valence-corrected chi connectivity index (χ2v) is 3.92. The smallest absolute Gasteiger partial charge is 0.360 e. The third-order valence-corrected chi connectivity index (χ3v) is 2.61. The van der Waals surface area contributed by atoms with Crippen molar-refractivity contribution in [2.45, 2.75) is 6.92 Å². The number of nitrogens with zero attached hydrogens (tertiary/aromatic N) is 2. The van der Waals surface area contributed by atoms with Crippen molar-refractivity contribution in [3.8, 4) is 11.4 Å². The van der Waals surface area contributed by atoms with Crippen LogP contribution >= 0.6 is 0 Å². The highest BCUT2D eigenvalue weighted by Crippen LogP contribution is 2.16. The molecule has 0 saturated carbocycles. The van der Waals surface area contributed by atoms with Crippen LogP contribution in [0.25, 0.3) is 5.69 Å². The van der Waals surface area contributed by atoms with Crippen molar-refractivity contribution >= 4 is 5.97 Å². The molecule has 0 fully saturated rings. The average molecular weight is 260 g/mol. The van der Waals surface area contributed by atoms with Gasteiger partial charge >= 0.3 is 5.97 Å². The summed E-state index contributed by atoms with van der Waals surface area (Å²) in [6.45, 7) is 1.68. The molecule has 0 aliphatic heterocycles. The molecule has 0 saturated heterocycles. The summed E-state index contributed by atoms with van der Waals surface area (Å²) in [5.74, 6) is -0.726. The Bertz CT molecular complexity index is 691. The Labute approximate surface area is 108 Å². The Balaban J connectivity index is 2.64. The standard InChI is InChI=1S/C13H12N2O4/c1-8-6-11(16)12(13(17)18)14-15(8)9-4-3-5-10(7-9)19-2/h3-7H,1-2H3,(H,17,18). The zero-order chi connectivity index (χ0) is 14.0. The fourth-order valence-corrected chi connectivity index (χ4v) is 1.70. The van der Waals surface area contributed by atoms with Crippen LogP contribution in [0.15, 0.2) is 35.1 Å². The summed E-state index contributed by atoms with van der Waals surface area (Å²) in [5.41, 5.74) is 0.0557. The summed E-state index contributed by atoms with van der Waals surface area (Å²) in [6.07, 6.45) is 0. The average Bonchev–Trinajstić information content (AvgIpc) is 2.38. The van der Waals surface area contributed by atoms with Gasteiger partial charge in [-0.05, 0) is 19.1 Å². The molecule has 2 aromatic rings. The second kappa shape index (κ2) is 4.93. The van der Waals surface area contributed by atoms with E-state index in [1.54, 1.807) is 31.2 Å². The molecule has 0 amide bonds. The number of aromatic nitrogens is 2. The number of hydrogen-bond donors (Lipinski definition) is 1. The molecule has 0 bridgehead atoms. The minimum absolute atomic E-state index is 0.506. The van der Waals surface area contributed by atoms with Gasteiger partial charge in [-0.3, -0.25) is 4.79 Å². The van der Waals surface area contributed by atoms with Crippen LogP contribution in [0.1, 0.15) is 16.2 Å². The summed E-state index contributed by atoms with van der Waals surface area (Å²) in [4.78, 5) is 22.4. The maximum Gasteiger partial charge on any atom is 0.360 e. The molecule has 6 nitrogen and oxygen atoms in total. The van der Waals surface area contributed by atoms with Gasteiger partial charge in [-0.15, -0.1) is 0 Å². The van der Waals surface area contributed by atoms with E-state index in [1.807, 2.05) is 0 Å². The number of carbonyl (C=O) groups is 1. The number of aryl methyl sites for hydroxylation is 1. The van der Waals surface area contributed by atoms with Crippen molar-refractivity contribution in [1.82, 2.24) is 9.78 Å². The lowest BCUT2D eigenvalue weighted by Gasteiger charge is -2.10. The number of aromatic carboxylic acids is 1. The van der Waals surface area contributed by atoms with Gasteiger partial charge < -0.3 is 9.84 Å². The lowest BCUT2D eigenvalue weighted by Crippen LogP contribution is -2.22. The van der Waals surface area contributed by atoms with E-state index in [-0.39, 0.29) is 0 Å². The summed E-state index contributed by atoms with van der Waals surface area (Å²) >= 11 is 0. The maximum absolute atomic E-state index is 11.5. The lowest BCUT2D eigenvalue weighted by molar-refractivity contribution is 0.0686. The third kappa shape index (κ3) is 2.47. The molecule has 98 valence electrons. The van der Waals surface area contributed by atoms with Gasteiger partial charge in [-0.1, -0.05) is 6.07 Å². The fraction of sp³-hybridized carbons (Fsp3) is 0.154. The van der Waals surface area contributed by atoms with E-state index in [2.05, 4.69) is 5.10 Å². The van der Waals surface area contributed by atoms with Gasteiger partial charge in [0.15, 0.2) is 0 Å². The zero-order valence-corrected chi connectivity index (χ0v) is 10.5. The Morgan fingerprint density at radius 1 is 1.37 bits per heavy atom. The van der Waals surface area contributed by atoms with E-state index in [0.717, 1.165) is 0 Å². The van der Waals surface area contributed by atoms with Crippen LogP contribution in [0.5, 0.6) is 5.75 Å². The van der Waals surface area contributed by atoms with E-state index in [4.69, 9.17) is 9.84 Å². The largest absolute Gasteiger partial charge is 0.497 e. The first-order valence-electron chi connectivity index (χ1n) is 5.51. The lowest BCUT2D eigenvalue weighted by atomic mass is 10.2. The first-order valence-corrected chi connectivity index (χ1v) is 5.51. The summed E-state index contributed by atoms with van der Waals surface area (Å²) in [5, 5.41) is 12.8. The number of rotatable bonds is 3. The molecule has 19 heavy (non-hydrogen) atoms. The van der Waals surface area contributed by atoms with Crippen LogP contribution in [0.2, 0.25) is 0 Å². The third-order valence-electron chi connectivity index (χ3n) is 2.61. The van der Waals surface area contributed by atoms with E-state index in [9.17, 15) is 9.59 Å².